The van der Waals surface area contributed by atoms with E-state index in [1.807, 2.05) is 13.8 Å². The van der Waals surface area contributed by atoms with Crippen LogP contribution >= 0.6 is 0 Å². The van der Waals surface area contributed by atoms with Crippen molar-refractivity contribution in [1.82, 2.24) is 0 Å². The van der Waals surface area contributed by atoms with E-state index in [4.69, 9.17) is 0 Å². The van der Waals surface area contributed by atoms with E-state index in [1.54, 1.807) is 0 Å². The zero-order valence-electron chi connectivity index (χ0n) is 10.8. The van der Waals surface area contributed by atoms with E-state index in [0.717, 1.165) is 38.5 Å². The fourth-order valence-corrected chi connectivity index (χ4v) is 2.11. The van der Waals surface area contributed by atoms with Crippen LogP contribution in [0, 0.1) is 0 Å². The minimum atomic E-state index is -0.715. The average molecular weight is 216 g/mol. The Kier molecular flexibility index (Phi) is 6.46. The van der Waals surface area contributed by atoms with Gasteiger partial charge in [-0.2, -0.15) is 0 Å². The molecule has 0 amide bonds. The van der Waals surface area contributed by atoms with E-state index < -0.39 is 11.2 Å². The Bertz CT molecular complexity index is 144. The van der Waals surface area contributed by atoms with Gasteiger partial charge in [0.1, 0.15) is 0 Å². The highest BCUT2D eigenvalue weighted by Crippen LogP contribution is 2.28. The summed E-state index contributed by atoms with van der Waals surface area (Å²) in [6.07, 6.45) is 6.28. The van der Waals surface area contributed by atoms with Crippen molar-refractivity contribution in [3.05, 3.63) is 0 Å². The zero-order valence-corrected chi connectivity index (χ0v) is 10.8. The molecule has 2 nitrogen and oxygen atoms in total. The molecule has 0 aromatic carbocycles. The van der Waals surface area contributed by atoms with Crippen molar-refractivity contribution >= 4 is 0 Å². The second-order valence-electron chi connectivity index (χ2n) is 5.38. The van der Waals surface area contributed by atoms with Crippen LogP contribution in [0.1, 0.15) is 72.6 Å². The smallest absolute Gasteiger partial charge is 0.0647 e. The van der Waals surface area contributed by atoms with Gasteiger partial charge in [-0.3, -0.25) is 0 Å². The van der Waals surface area contributed by atoms with Gasteiger partial charge >= 0.3 is 0 Å². The summed E-state index contributed by atoms with van der Waals surface area (Å²) in [5, 5.41) is 20.2. The van der Waals surface area contributed by atoms with E-state index in [1.165, 1.54) is 0 Å². The van der Waals surface area contributed by atoms with Gasteiger partial charge in [-0.05, 0) is 26.7 Å². The third kappa shape index (κ3) is 7.80. The fourth-order valence-electron chi connectivity index (χ4n) is 2.11. The summed E-state index contributed by atoms with van der Waals surface area (Å²) >= 11 is 0. The van der Waals surface area contributed by atoms with Gasteiger partial charge in [0.25, 0.3) is 0 Å². The minimum absolute atomic E-state index is 0.486. The second-order valence-corrected chi connectivity index (χ2v) is 5.38. The van der Waals surface area contributed by atoms with Crippen LogP contribution < -0.4 is 0 Å². The molecular formula is C13H28O2. The summed E-state index contributed by atoms with van der Waals surface area (Å²) in [5.74, 6) is 0. The molecule has 0 aliphatic rings. The van der Waals surface area contributed by atoms with Crippen molar-refractivity contribution in [3.63, 3.8) is 0 Å². The monoisotopic (exact) mass is 216 g/mol. The van der Waals surface area contributed by atoms with Crippen molar-refractivity contribution < 1.29 is 10.2 Å². The van der Waals surface area contributed by atoms with Gasteiger partial charge in [0.2, 0.25) is 0 Å². The van der Waals surface area contributed by atoms with Gasteiger partial charge in [0, 0.05) is 6.42 Å². The Morgan fingerprint density at radius 3 is 1.40 bits per heavy atom. The first-order valence-electron chi connectivity index (χ1n) is 6.28. The minimum Gasteiger partial charge on any atom is -0.390 e. The van der Waals surface area contributed by atoms with Crippen LogP contribution in [0.5, 0.6) is 0 Å². The number of unbranched alkanes of at least 4 members (excludes halogenated alkanes) is 2. The Morgan fingerprint density at radius 2 is 1.13 bits per heavy atom. The van der Waals surface area contributed by atoms with Crippen LogP contribution in [0.4, 0.5) is 0 Å². The number of hydrogen-bond donors (Lipinski definition) is 2. The molecule has 0 saturated carbocycles. The van der Waals surface area contributed by atoms with Crippen molar-refractivity contribution in [1.29, 1.82) is 0 Å². The Morgan fingerprint density at radius 1 is 0.800 bits per heavy atom. The van der Waals surface area contributed by atoms with Crippen molar-refractivity contribution in [2.45, 2.75) is 83.8 Å². The second kappa shape index (κ2) is 6.49. The summed E-state index contributed by atoms with van der Waals surface area (Å²) < 4.78 is 0. The molecule has 0 spiro atoms. The topological polar surface area (TPSA) is 40.5 Å². The molecule has 0 fully saturated rings. The molecule has 0 bridgehead atoms. The van der Waals surface area contributed by atoms with Gasteiger partial charge in [-0.25, -0.2) is 0 Å². The number of hydrogen-bond acceptors (Lipinski definition) is 2. The van der Waals surface area contributed by atoms with Crippen molar-refractivity contribution in [2.75, 3.05) is 0 Å². The molecule has 0 radical (unpaired) electrons. The van der Waals surface area contributed by atoms with Crippen molar-refractivity contribution in [2.24, 2.45) is 0 Å². The summed E-state index contributed by atoms with van der Waals surface area (Å²) in [6, 6.07) is 0. The Labute approximate surface area is 94.7 Å². The van der Waals surface area contributed by atoms with E-state index in [-0.39, 0.29) is 0 Å². The summed E-state index contributed by atoms with van der Waals surface area (Å²) in [7, 11) is 0. The van der Waals surface area contributed by atoms with Gasteiger partial charge in [-0.15, -0.1) is 0 Å². The molecule has 2 N–H and O–H groups in total. The normalized spacial score (nSPS) is 19.6. The van der Waals surface area contributed by atoms with Crippen molar-refractivity contribution in [3.8, 4) is 0 Å². The zero-order chi connectivity index (χ0) is 11.9. The van der Waals surface area contributed by atoms with E-state index >= 15 is 0 Å². The average Bonchev–Trinajstić information content (AvgIpc) is 2.10. The molecule has 0 rings (SSSR count). The largest absolute Gasteiger partial charge is 0.390 e. The molecule has 15 heavy (non-hydrogen) atoms. The molecule has 0 saturated heterocycles. The Balaban J connectivity index is 4.04. The summed E-state index contributed by atoms with van der Waals surface area (Å²) in [5.41, 5.74) is -1.43. The molecule has 0 aromatic rings. The maximum atomic E-state index is 10.1. The van der Waals surface area contributed by atoms with Crippen LogP contribution in [0.25, 0.3) is 0 Å². The molecule has 0 aliphatic carbocycles. The maximum Gasteiger partial charge on any atom is 0.0647 e. The third-order valence-corrected chi connectivity index (χ3v) is 2.90. The lowest BCUT2D eigenvalue weighted by Gasteiger charge is -2.32. The first-order valence-corrected chi connectivity index (χ1v) is 6.28. The van der Waals surface area contributed by atoms with Gasteiger partial charge in [-0.1, -0.05) is 39.5 Å². The van der Waals surface area contributed by atoms with Gasteiger partial charge < -0.3 is 10.2 Å². The van der Waals surface area contributed by atoms with E-state index in [0.29, 0.717) is 6.42 Å². The molecule has 2 heteroatoms. The molecule has 92 valence electrons. The lowest BCUT2D eigenvalue weighted by atomic mass is 9.83. The fraction of sp³-hybridized carbons (Fsp3) is 1.00. The summed E-state index contributed by atoms with van der Waals surface area (Å²) in [6.45, 7) is 7.91. The molecule has 2 unspecified atom stereocenters. The van der Waals surface area contributed by atoms with Crippen LogP contribution in [0.15, 0.2) is 0 Å². The number of rotatable bonds is 8. The summed E-state index contributed by atoms with van der Waals surface area (Å²) in [4.78, 5) is 0. The molecular weight excluding hydrogens is 188 g/mol. The lowest BCUT2D eigenvalue weighted by molar-refractivity contribution is -0.0548. The number of aliphatic hydroxyl groups is 2. The van der Waals surface area contributed by atoms with Gasteiger partial charge in [0.15, 0.2) is 0 Å². The predicted molar refractivity (Wildman–Crippen MR) is 64.9 cm³/mol. The first kappa shape index (κ1) is 14.9. The quantitative estimate of drug-likeness (QED) is 0.654. The molecule has 0 heterocycles. The lowest BCUT2D eigenvalue weighted by Crippen LogP contribution is -2.37. The molecule has 0 aromatic heterocycles. The maximum absolute atomic E-state index is 10.1. The van der Waals surface area contributed by atoms with Crippen LogP contribution in [-0.4, -0.2) is 21.4 Å². The van der Waals surface area contributed by atoms with Crippen LogP contribution in [0.2, 0.25) is 0 Å². The van der Waals surface area contributed by atoms with Gasteiger partial charge in [0.05, 0.1) is 11.2 Å². The first-order chi connectivity index (χ1) is 6.83. The van der Waals surface area contributed by atoms with Crippen LogP contribution in [0.3, 0.4) is 0 Å². The third-order valence-electron chi connectivity index (χ3n) is 2.90. The highest BCUT2D eigenvalue weighted by Gasteiger charge is 2.31. The van der Waals surface area contributed by atoms with E-state index in [2.05, 4.69) is 13.8 Å². The Hall–Kier alpha value is -0.0800. The molecule has 2 atom stereocenters. The standard InChI is InChI=1S/C13H28O2/c1-5-7-9-12(3,14)11-13(4,15)10-8-6-2/h14-15H,5-11H2,1-4H3. The highest BCUT2D eigenvalue weighted by atomic mass is 16.3. The SMILES string of the molecule is CCCCC(C)(O)CC(C)(O)CCCC. The predicted octanol–water partition coefficient (Wildman–Crippen LogP) is 3.26. The highest BCUT2D eigenvalue weighted by molar-refractivity contribution is 4.84. The molecule has 0 aliphatic heterocycles. The van der Waals surface area contributed by atoms with E-state index in [9.17, 15) is 10.2 Å². The van der Waals surface area contributed by atoms with Crippen LogP contribution in [-0.2, 0) is 0 Å².